The van der Waals surface area contributed by atoms with Crippen molar-refractivity contribution in [2.75, 3.05) is 13.1 Å². The maximum atomic E-state index is 13.0. The van der Waals surface area contributed by atoms with Crippen molar-refractivity contribution in [2.45, 2.75) is 39.3 Å². The molecule has 0 N–H and O–H groups in total. The SMILES string of the molecule is CC(C)(C)N1CCc2nc3cc(C#Cc4ccccn4)ccc3c(=O)n2CC1. The fourth-order valence-electron chi connectivity index (χ4n) is 3.58. The molecule has 142 valence electrons. The van der Waals surface area contributed by atoms with Crippen LogP contribution in [-0.4, -0.2) is 38.1 Å². The zero-order chi connectivity index (χ0) is 19.7. The van der Waals surface area contributed by atoms with Crippen molar-refractivity contribution >= 4 is 10.9 Å². The summed E-state index contributed by atoms with van der Waals surface area (Å²) < 4.78 is 1.84. The van der Waals surface area contributed by atoms with Gasteiger partial charge in [0.25, 0.3) is 5.56 Å². The number of hydrogen-bond acceptors (Lipinski definition) is 4. The summed E-state index contributed by atoms with van der Waals surface area (Å²) in [6.45, 7) is 9.07. The van der Waals surface area contributed by atoms with E-state index in [2.05, 4.69) is 42.5 Å². The van der Waals surface area contributed by atoms with Crippen LogP contribution in [0, 0.1) is 11.8 Å². The molecule has 0 unspecified atom stereocenters. The van der Waals surface area contributed by atoms with Gasteiger partial charge in [0.05, 0.1) is 10.9 Å². The van der Waals surface area contributed by atoms with Crippen LogP contribution in [0.3, 0.4) is 0 Å². The molecule has 0 saturated heterocycles. The van der Waals surface area contributed by atoms with Crippen molar-refractivity contribution in [3.63, 3.8) is 0 Å². The van der Waals surface area contributed by atoms with Gasteiger partial charge in [-0.2, -0.15) is 0 Å². The molecule has 0 saturated carbocycles. The topological polar surface area (TPSA) is 51.0 Å². The molecule has 28 heavy (non-hydrogen) atoms. The Kier molecular flexibility index (Phi) is 4.74. The maximum Gasteiger partial charge on any atom is 0.261 e. The number of nitrogens with zero attached hydrogens (tertiary/aromatic N) is 4. The molecular weight excluding hydrogens is 348 g/mol. The quantitative estimate of drug-likeness (QED) is 0.570. The molecule has 3 heterocycles. The zero-order valence-corrected chi connectivity index (χ0v) is 16.6. The van der Waals surface area contributed by atoms with Gasteiger partial charge in [-0.25, -0.2) is 9.97 Å². The molecule has 2 aromatic heterocycles. The molecule has 5 heteroatoms. The second-order valence-corrected chi connectivity index (χ2v) is 8.09. The van der Waals surface area contributed by atoms with Crippen LogP contribution in [0.25, 0.3) is 10.9 Å². The summed E-state index contributed by atoms with van der Waals surface area (Å²) in [6.07, 6.45) is 2.50. The van der Waals surface area contributed by atoms with Crippen LogP contribution in [0.15, 0.2) is 47.4 Å². The minimum atomic E-state index is 0.0417. The van der Waals surface area contributed by atoms with Crippen molar-refractivity contribution in [3.05, 3.63) is 70.0 Å². The van der Waals surface area contributed by atoms with Crippen LogP contribution in [0.4, 0.5) is 0 Å². The number of fused-ring (bicyclic) bond motifs is 2. The average molecular weight is 372 g/mol. The predicted molar refractivity (Wildman–Crippen MR) is 111 cm³/mol. The molecule has 5 nitrogen and oxygen atoms in total. The molecule has 3 aromatic rings. The van der Waals surface area contributed by atoms with Crippen LogP contribution >= 0.6 is 0 Å². The third-order valence-electron chi connectivity index (χ3n) is 5.18. The molecule has 0 fully saturated rings. The summed E-state index contributed by atoms with van der Waals surface area (Å²) in [5.74, 6) is 7.04. The summed E-state index contributed by atoms with van der Waals surface area (Å²) in [6, 6.07) is 11.3. The first-order chi connectivity index (χ1) is 13.4. The van der Waals surface area contributed by atoms with Gasteiger partial charge in [0.15, 0.2) is 0 Å². The molecule has 4 rings (SSSR count). The highest BCUT2D eigenvalue weighted by Crippen LogP contribution is 2.18. The van der Waals surface area contributed by atoms with E-state index >= 15 is 0 Å². The van der Waals surface area contributed by atoms with Crippen LogP contribution < -0.4 is 5.56 Å². The van der Waals surface area contributed by atoms with Gasteiger partial charge in [0.2, 0.25) is 0 Å². The molecular formula is C23H24N4O. The Balaban J connectivity index is 1.71. The standard InChI is InChI=1S/C23H24N4O/c1-23(2,3)26-13-11-21-25-20-16-17(7-9-18-6-4-5-12-24-18)8-10-19(20)22(28)27(21)15-14-26/h4-6,8,10,12,16H,11,13-15H2,1-3H3. The number of pyridine rings is 1. The third-order valence-corrected chi connectivity index (χ3v) is 5.18. The van der Waals surface area contributed by atoms with Crippen molar-refractivity contribution in [3.8, 4) is 11.8 Å². The molecule has 0 radical (unpaired) electrons. The molecule has 1 aliphatic rings. The van der Waals surface area contributed by atoms with Gasteiger partial charge in [-0.15, -0.1) is 0 Å². The summed E-state index contributed by atoms with van der Waals surface area (Å²) in [7, 11) is 0. The lowest BCUT2D eigenvalue weighted by atomic mass is 10.1. The third kappa shape index (κ3) is 3.69. The Morgan fingerprint density at radius 2 is 1.89 bits per heavy atom. The van der Waals surface area contributed by atoms with Crippen LogP contribution in [-0.2, 0) is 13.0 Å². The van der Waals surface area contributed by atoms with Gasteiger partial charge in [-0.3, -0.25) is 14.3 Å². The van der Waals surface area contributed by atoms with E-state index in [0.29, 0.717) is 17.4 Å². The smallest absolute Gasteiger partial charge is 0.261 e. The van der Waals surface area contributed by atoms with Crippen LogP contribution in [0.1, 0.15) is 37.9 Å². The highest BCUT2D eigenvalue weighted by molar-refractivity contribution is 5.79. The fourth-order valence-corrected chi connectivity index (χ4v) is 3.58. The lowest BCUT2D eigenvalue weighted by Crippen LogP contribution is -2.43. The Morgan fingerprint density at radius 3 is 2.64 bits per heavy atom. The normalized spacial score (nSPS) is 14.8. The van der Waals surface area contributed by atoms with Crippen molar-refractivity contribution in [2.24, 2.45) is 0 Å². The zero-order valence-electron chi connectivity index (χ0n) is 16.6. The van der Waals surface area contributed by atoms with Crippen LogP contribution in [0.2, 0.25) is 0 Å². The maximum absolute atomic E-state index is 13.0. The molecule has 1 aromatic carbocycles. The Morgan fingerprint density at radius 1 is 1.04 bits per heavy atom. The van der Waals surface area contributed by atoms with Crippen molar-refractivity contribution in [1.29, 1.82) is 0 Å². The Bertz CT molecular complexity index is 1130. The average Bonchev–Trinajstić information content (AvgIpc) is 2.90. The lowest BCUT2D eigenvalue weighted by Gasteiger charge is -2.34. The Labute approximate surface area is 165 Å². The van der Waals surface area contributed by atoms with E-state index in [4.69, 9.17) is 4.98 Å². The molecule has 0 aliphatic carbocycles. The number of benzene rings is 1. The van der Waals surface area contributed by atoms with Crippen LogP contribution in [0.5, 0.6) is 0 Å². The van der Waals surface area contributed by atoms with Crippen molar-refractivity contribution in [1.82, 2.24) is 19.4 Å². The highest BCUT2D eigenvalue weighted by atomic mass is 16.1. The fraction of sp³-hybridized carbons (Fsp3) is 0.348. The minimum absolute atomic E-state index is 0.0417. The molecule has 0 spiro atoms. The van der Waals surface area contributed by atoms with Gasteiger partial charge in [-0.05, 0) is 57.0 Å². The lowest BCUT2D eigenvalue weighted by molar-refractivity contribution is 0.140. The minimum Gasteiger partial charge on any atom is -0.296 e. The van der Waals surface area contributed by atoms with Gasteiger partial charge in [0, 0.05) is 43.4 Å². The first-order valence-corrected chi connectivity index (χ1v) is 9.63. The second kappa shape index (κ2) is 7.21. The molecule has 0 amide bonds. The summed E-state index contributed by atoms with van der Waals surface area (Å²) >= 11 is 0. The molecule has 0 atom stereocenters. The molecule has 1 aliphatic heterocycles. The van der Waals surface area contributed by atoms with E-state index in [-0.39, 0.29) is 11.1 Å². The summed E-state index contributed by atoms with van der Waals surface area (Å²) in [4.78, 5) is 24.5. The number of hydrogen-bond donors (Lipinski definition) is 0. The highest BCUT2D eigenvalue weighted by Gasteiger charge is 2.25. The van der Waals surface area contributed by atoms with E-state index in [0.717, 1.165) is 36.6 Å². The van der Waals surface area contributed by atoms with E-state index in [1.165, 1.54) is 0 Å². The first kappa shape index (κ1) is 18.4. The largest absolute Gasteiger partial charge is 0.296 e. The number of rotatable bonds is 0. The van der Waals surface area contributed by atoms with Gasteiger partial charge < -0.3 is 0 Å². The van der Waals surface area contributed by atoms with E-state index in [9.17, 15) is 4.79 Å². The predicted octanol–water partition coefficient (Wildman–Crippen LogP) is 2.85. The van der Waals surface area contributed by atoms with Crippen molar-refractivity contribution < 1.29 is 0 Å². The molecule has 0 bridgehead atoms. The van der Waals surface area contributed by atoms with E-state index < -0.39 is 0 Å². The second-order valence-electron chi connectivity index (χ2n) is 8.09. The van der Waals surface area contributed by atoms with Gasteiger partial charge in [-0.1, -0.05) is 12.0 Å². The van der Waals surface area contributed by atoms with Gasteiger partial charge >= 0.3 is 0 Å². The summed E-state index contributed by atoms with van der Waals surface area (Å²) in [5, 5.41) is 0.649. The van der Waals surface area contributed by atoms with E-state index in [1.807, 2.05) is 41.0 Å². The van der Waals surface area contributed by atoms with E-state index in [1.54, 1.807) is 6.20 Å². The van der Waals surface area contributed by atoms with Gasteiger partial charge in [0.1, 0.15) is 11.5 Å². The first-order valence-electron chi connectivity index (χ1n) is 9.63. The summed E-state index contributed by atoms with van der Waals surface area (Å²) in [5.41, 5.74) is 2.40. The Hall–Kier alpha value is -2.97. The monoisotopic (exact) mass is 372 g/mol. The number of aromatic nitrogens is 3.